The Morgan fingerprint density at radius 3 is 2.39 bits per heavy atom. The van der Waals surface area contributed by atoms with E-state index < -0.39 is 12.2 Å². The molecule has 0 aromatic heterocycles. The molecular weight excluding hydrogens is 232 g/mol. The van der Waals surface area contributed by atoms with Crippen molar-refractivity contribution in [1.82, 2.24) is 4.90 Å². The first-order valence-electron chi connectivity index (χ1n) is 6.06. The van der Waals surface area contributed by atoms with Gasteiger partial charge < -0.3 is 20.8 Å². The van der Waals surface area contributed by atoms with Crippen molar-refractivity contribution < 1.29 is 15.0 Å². The van der Waals surface area contributed by atoms with Crippen molar-refractivity contribution >= 4 is 6.09 Å². The van der Waals surface area contributed by atoms with Crippen LogP contribution in [0.5, 0.6) is 0 Å². The standard InChI is InChI=1S/C13H18N2O3/c14-7-12(16)8-15(13(17)18)11-5-9-3-1-2-4-10(9)6-11/h1-4,11-12,16H,5-8,14H2,(H,17,18)/t12-/m1/s1. The first kappa shape index (κ1) is 12.9. The van der Waals surface area contributed by atoms with E-state index in [-0.39, 0.29) is 19.1 Å². The summed E-state index contributed by atoms with van der Waals surface area (Å²) in [6.07, 6.45) is -0.385. The van der Waals surface area contributed by atoms with Gasteiger partial charge in [0.15, 0.2) is 0 Å². The lowest BCUT2D eigenvalue weighted by Gasteiger charge is -2.27. The summed E-state index contributed by atoms with van der Waals surface area (Å²) < 4.78 is 0. The predicted molar refractivity (Wildman–Crippen MR) is 67.4 cm³/mol. The number of fused-ring (bicyclic) bond motifs is 1. The summed E-state index contributed by atoms with van der Waals surface area (Å²) in [6, 6.07) is 7.87. The van der Waals surface area contributed by atoms with Crippen LogP contribution in [0.25, 0.3) is 0 Å². The van der Waals surface area contributed by atoms with E-state index in [9.17, 15) is 15.0 Å². The highest BCUT2D eigenvalue weighted by Crippen LogP contribution is 2.25. The molecule has 4 N–H and O–H groups in total. The molecule has 5 nitrogen and oxygen atoms in total. The van der Waals surface area contributed by atoms with Crippen LogP contribution in [0.4, 0.5) is 4.79 Å². The molecular formula is C13H18N2O3. The van der Waals surface area contributed by atoms with E-state index in [2.05, 4.69) is 0 Å². The maximum absolute atomic E-state index is 11.3. The average molecular weight is 250 g/mol. The summed E-state index contributed by atoms with van der Waals surface area (Å²) >= 11 is 0. The van der Waals surface area contributed by atoms with Crippen molar-refractivity contribution in [1.29, 1.82) is 0 Å². The third kappa shape index (κ3) is 2.63. The van der Waals surface area contributed by atoms with Gasteiger partial charge in [-0.1, -0.05) is 24.3 Å². The minimum absolute atomic E-state index is 0.0729. The van der Waals surface area contributed by atoms with Crippen LogP contribution in [0.2, 0.25) is 0 Å². The van der Waals surface area contributed by atoms with Crippen LogP contribution >= 0.6 is 0 Å². The van der Waals surface area contributed by atoms with E-state index in [1.807, 2.05) is 24.3 Å². The zero-order valence-electron chi connectivity index (χ0n) is 10.1. The second-order valence-corrected chi connectivity index (χ2v) is 4.66. The molecule has 5 heteroatoms. The van der Waals surface area contributed by atoms with Crippen LogP contribution in [0.1, 0.15) is 11.1 Å². The van der Waals surface area contributed by atoms with E-state index in [1.165, 1.54) is 16.0 Å². The molecule has 0 fully saturated rings. The molecule has 0 bridgehead atoms. The van der Waals surface area contributed by atoms with E-state index in [0.29, 0.717) is 12.8 Å². The summed E-state index contributed by atoms with van der Waals surface area (Å²) in [5.74, 6) is 0. The van der Waals surface area contributed by atoms with Crippen LogP contribution < -0.4 is 5.73 Å². The van der Waals surface area contributed by atoms with Gasteiger partial charge in [0.05, 0.1) is 12.6 Å². The van der Waals surface area contributed by atoms with Crippen molar-refractivity contribution in [3.63, 3.8) is 0 Å². The quantitative estimate of drug-likeness (QED) is 0.724. The summed E-state index contributed by atoms with van der Waals surface area (Å²) in [4.78, 5) is 12.6. The molecule has 1 aliphatic rings. The lowest BCUT2D eigenvalue weighted by atomic mass is 10.1. The molecule has 0 aliphatic heterocycles. The van der Waals surface area contributed by atoms with Crippen molar-refractivity contribution in [3.05, 3.63) is 35.4 Å². The lowest BCUT2D eigenvalue weighted by Crippen LogP contribution is -2.46. The van der Waals surface area contributed by atoms with Gasteiger partial charge in [-0.3, -0.25) is 0 Å². The minimum Gasteiger partial charge on any atom is -0.465 e. The molecule has 0 spiro atoms. The number of hydrogen-bond donors (Lipinski definition) is 3. The number of carboxylic acid groups (broad SMARTS) is 1. The molecule has 98 valence electrons. The number of nitrogens with zero attached hydrogens (tertiary/aromatic N) is 1. The number of benzene rings is 1. The highest BCUT2D eigenvalue weighted by Gasteiger charge is 2.30. The SMILES string of the molecule is NC[C@@H](O)CN(C(=O)O)C1Cc2ccccc2C1. The van der Waals surface area contributed by atoms with E-state index >= 15 is 0 Å². The van der Waals surface area contributed by atoms with Gasteiger partial charge in [-0.25, -0.2) is 4.79 Å². The highest BCUT2D eigenvalue weighted by atomic mass is 16.4. The van der Waals surface area contributed by atoms with Crippen LogP contribution in [0.15, 0.2) is 24.3 Å². The molecule has 18 heavy (non-hydrogen) atoms. The fourth-order valence-electron chi connectivity index (χ4n) is 2.44. The maximum Gasteiger partial charge on any atom is 0.407 e. The molecule has 1 aromatic carbocycles. The largest absolute Gasteiger partial charge is 0.465 e. The zero-order chi connectivity index (χ0) is 13.1. The third-order valence-corrected chi connectivity index (χ3v) is 3.40. The molecule has 0 saturated heterocycles. The van der Waals surface area contributed by atoms with Gasteiger partial charge in [-0.2, -0.15) is 0 Å². The minimum atomic E-state index is -1.000. The van der Waals surface area contributed by atoms with Crippen molar-refractivity contribution in [2.75, 3.05) is 13.1 Å². The smallest absolute Gasteiger partial charge is 0.407 e. The number of rotatable bonds is 4. The Bertz CT molecular complexity index is 411. The Hall–Kier alpha value is -1.59. The molecule has 0 heterocycles. The Balaban J connectivity index is 2.09. The Labute approximate surface area is 106 Å². The van der Waals surface area contributed by atoms with Gasteiger partial charge in [-0.15, -0.1) is 0 Å². The van der Waals surface area contributed by atoms with Crippen molar-refractivity contribution in [3.8, 4) is 0 Å². The first-order valence-corrected chi connectivity index (χ1v) is 6.06. The second kappa shape index (κ2) is 5.37. The number of hydrogen-bond acceptors (Lipinski definition) is 3. The fourth-order valence-corrected chi connectivity index (χ4v) is 2.44. The molecule has 1 atom stereocenters. The molecule has 1 aromatic rings. The van der Waals surface area contributed by atoms with Gasteiger partial charge >= 0.3 is 6.09 Å². The van der Waals surface area contributed by atoms with Crippen LogP contribution in [0, 0.1) is 0 Å². The Morgan fingerprint density at radius 1 is 1.39 bits per heavy atom. The van der Waals surface area contributed by atoms with Gasteiger partial charge in [-0.05, 0) is 24.0 Å². The number of amides is 1. The monoisotopic (exact) mass is 250 g/mol. The summed E-state index contributed by atoms with van der Waals surface area (Å²) in [5.41, 5.74) is 7.72. The Morgan fingerprint density at radius 2 is 1.94 bits per heavy atom. The molecule has 2 rings (SSSR count). The molecule has 0 saturated carbocycles. The van der Waals surface area contributed by atoms with Crippen LogP contribution in [-0.4, -0.2) is 46.4 Å². The summed E-state index contributed by atoms with van der Waals surface area (Å²) in [5, 5.41) is 18.8. The molecule has 0 radical (unpaired) electrons. The average Bonchev–Trinajstić information content (AvgIpc) is 2.78. The van der Waals surface area contributed by atoms with Gasteiger partial charge in [0.25, 0.3) is 0 Å². The highest BCUT2D eigenvalue weighted by molar-refractivity contribution is 5.66. The molecule has 1 amide bonds. The number of aliphatic hydroxyl groups is 1. The summed E-state index contributed by atoms with van der Waals surface area (Å²) in [7, 11) is 0. The number of aliphatic hydroxyl groups excluding tert-OH is 1. The fraction of sp³-hybridized carbons (Fsp3) is 0.462. The second-order valence-electron chi connectivity index (χ2n) is 4.66. The maximum atomic E-state index is 11.3. The van der Waals surface area contributed by atoms with Crippen molar-refractivity contribution in [2.24, 2.45) is 5.73 Å². The van der Waals surface area contributed by atoms with Crippen LogP contribution in [-0.2, 0) is 12.8 Å². The lowest BCUT2D eigenvalue weighted by molar-refractivity contribution is 0.0817. The number of nitrogens with two attached hydrogens (primary N) is 1. The van der Waals surface area contributed by atoms with Gasteiger partial charge in [0, 0.05) is 12.6 Å². The third-order valence-electron chi connectivity index (χ3n) is 3.40. The van der Waals surface area contributed by atoms with E-state index in [0.717, 1.165) is 0 Å². The van der Waals surface area contributed by atoms with Crippen LogP contribution in [0.3, 0.4) is 0 Å². The van der Waals surface area contributed by atoms with E-state index in [1.54, 1.807) is 0 Å². The van der Waals surface area contributed by atoms with Crippen molar-refractivity contribution in [2.45, 2.75) is 25.0 Å². The predicted octanol–water partition coefficient (Wildman–Crippen LogP) is 0.453. The topological polar surface area (TPSA) is 86.8 Å². The number of carbonyl (C=O) groups is 1. The van der Waals surface area contributed by atoms with E-state index in [4.69, 9.17) is 5.73 Å². The van der Waals surface area contributed by atoms with Gasteiger partial charge in [0.1, 0.15) is 0 Å². The molecule has 0 unspecified atom stereocenters. The Kier molecular flexibility index (Phi) is 3.84. The molecule has 1 aliphatic carbocycles. The zero-order valence-corrected chi connectivity index (χ0v) is 10.1. The van der Waals surface area contributed by atoms with Gasteiger partial charge in [0.2, 0.25) is 0 Å². The normalized spacial score (nSPS) is 16.3. The first-order chi connectivity index (χ1) is 8.61. The summed E-state index contributed by atoms with van der Waals surface area (Å²) in [6.45, 7) is 0.147.